The van der Waals surface area contributed by atoms with Crippen molar-refractivity contribution in [3.8, 4) is 11.5 Å². The number of nitrogens with one attached hydrogen (secondary N) is 1. The lowest BCUT2D eigenvalue weighted by Gasteiger charge is -2.19. The topological polar surface area (TPSA) is 56.8 Å². The van der Waals surface area contributed by atoms with E-state index in [9.17, 15) is 4.79 Å². The van der Waals surface area contributed by atoms with Gasteiger partial charge < -0.3 is 19.5 Å². The molecular weight excluding hydrogens is 342 g/mol. The van der Waals surface area contributed by atoms with E-state index >= 15 is 0 Å². The van der Waals surface area contributed by atoms with Crippen LogP contribution in [-0.4, -0.2) is 25.3 Å². The van der Waals surface area contributed by atoms with Gasteiger partial charge in [0.05, 0.1) is 7.11 Å². The Balaban J connectivity index is 1.94. The molecule has 1 amide bonds. The van der Waals surface area contributed by atoms with E-state index in [-0.39, 0.29) is 0 Å². The number of ether oxygens (including phenoxy) is 3. The number of benzene rings is 2. The van der Waals surface area contributed by atoms with Crippen LogP contribution in [0.4, 0.5) is 4.79 Å². The molecule has 0 spiro atoms. The second-order valence-electron chi connectivity index (χ2n) is 6.97. The lowest BCUT2D eigenvalue weighted by atomic mass is 10.2. The van der Waals surface area contributed by atoms with E-state index in [1.807, 2.05) is 81.5 Å². The molecule has 1 N–H and O–H groups in total. The predicted molar refractivity (Wildman–Crippen MR) is 107 cm³/mol. The maximum atomic E-state index is 11.6. The van der Waals surface area contributed by atoms with Gasteiger partial charge in [-0.2, -0.15) is 0 Å². The van der Waals surface area contributed by atoms with Gasteiger partial charge in [0.15, 0.2) is 11.5 Å². The summed E-state index contributed by atoms with van der Waals surface area (Å²) in [5.41, 5.74) is 1.53. The molecule has 0 bridgehead atoms. The van der Waals surface area contributed by atoms with Crippen molar-refractivity contribution < 1.29 is 19.0 Å². The molecule has 0 heterocycles. The molecule has 0 unspecified atom stereocenters. The van der Waals surface area contributed by atoms with Crippen LogP contribution >= 0.6 is 0 Å². The molecule has 2 aromatic carbocycles. The number of carbonyl (C=O) groups is 1. The Bertz CT molecular complexity index is 764. The molecular formula is C22H27NO4. The predicted octanol–water partition coefficient (Wildman–Crippen LogP) is 4.81. The average Bonchev–Trinajstić information content (AvgIpc) is 2.63. The summed E-state index contributed by atoms with van der Waals surface area (Å²) in [7, 11) is 1.62. The van der Waals surface area contributed by atoms with Gasteiger partial charge in [0.2, 0.25) is 0 Å². The van der Waals surface area contributed by atoms with Crippen LogP contribution in [0.15, 0.2) is 54.6 Å². The zero-order valence-corrected chi connectivity index (χ0v) is 16.3. The Kier molecular flexibility index (Phi) is 7.29. The Morgan fingerprint density at radius 1 is 1.07 bits per heavy atom. The number of carbonyl (C=O) groups excluding carboxylic acids is 1. The second kappa shape index (κ2) is 9.67. The number of amides is 1. The number of methoxy groups -OCH3 is 1. The Labute approximate surface area is 161 Å². The summed E-state index contributed by atoms with van der Waals surface area (Å²) in [6, 6.07) is 15.7. The van der Waals surface area contributed by atoms with Crippen molar-refractivity contribution in [1.29, 1.82) is 0 Å². The van der Waals surface area contributed by atoms with E-state index in [1.165, 1.54) is 0 Å². The third kappa shape index (κ3) is 7.44. The molecule has 0 aliphatic rings. The van der Waals surface area contributed by atoms with Crippen molar-refractivity contribution in [2.45, 2.75) is 33.0 Å². The SMILES string of the molecule is COc1ccc(C=CCNC(=O)OC(C)(C)C)cc1OCc1ccccc1. The molecule has 27 heavy (non-hydrogen) atoms. The largest absolute Gasteiger partial charge is 0.493 e. The van der Waals surface area contributed by atoms with Gasteiger partial charge in [0, 0.05) is 6.54 Å². The van der Waals surface area contributed by atoms with E-state index in [4.69, 9.17) is 14.2 Å². The monoisotopic (exact) mass is 369 g/mol. The van der Waals surface area contributed by atoms with Crippen molar-refractivity contribution in [2.24, 2.45) is 0 Å². The van der Waals surface area contributed by atoms with E-state index < -0.39 is 11.7 Å². The highest BCUT2D eigenvalue weighted by atomic mass is 16.6. The van der Waals surface area contributed by atoms with Crippen LogP contribution in [0.2, 0.25) is 0 Å². The fraction of sp³-hybridized carbons (Fsp3) is 0.318. The standard InChI is InChI=1S/C22H27NO4/c1-22(2,3)27-21(24)23-14-8-11-17-12-13-19(25-4)20(15-17)26-16-18-9-6-5-7-10-18/h5-13,15H,14,16H2,1-4H3,(H,23,24). The number of hydrogen-bond donors (Lipinski definition) is 1. The van der Waals surface area contributed by atoms with Crippen LogP contribution in [0.3, 0.4) is 0 Å². The smallest absolute Gasteiger partial charge is 0.407 e. The fourth-order valence-corrected chi connectivity index (χ4v) is 2.30. The van der Waals surface area contributed by atoms with Crippen LogP contribution < -0.4 is 14.8 Å². The van der Waals surface area contributed by atoms with Crippen molar-refractivity contribution in [3.05, 3.63) is 65.7 Å². The lowest BCUT2D eigenvalue weighted by molar-refractivity contribution is 0.0534. The molecule has 0 saturated carbocycles. The maximum Gasteiger partial charge on any atom is 0.407 e. The summed E-state index contributed by atoms with van der Waals surface area (Å²) < 4.78 is 16.5. The van der Waals surface area contributed by atoms with Gasteiger partial charge in [-0.15, -0.1) is 0 Å². The van der Waals surface area contributed by atoms with E-state index in [1.54, 1.807) is 7.11 Å². The van der Waals surface area contributed by atoms with Crippen LogP contribution in [0.25, 0.3) is 6.08 Å². The Morgan fingerprint density at radius 3 is 2.48 bits per heavy atom. The molecule has 0 atom stereocenters. The molecule has 0 aliphatic carbocycles. The third-order valence-electron chi connectivity index (χ3n) is 3.50. The van der Waals surface area contributed by atoms with Gasteiger partial charge in [-0.05, 0) is 44.0 Å². The Morgan fingerprint density at radius 2 is 1.81 bits per heavy atom. The molecule has 0 aliphatic heterocycles. The van der Waals surface area contributed by atoms with Gasteiger partial charge in [0.25, 0.3) is 0 Å². The fourth-order valence-electron chi connectivity index (χ4n) is 2.30. The highest BCUT2D eigenvalue weighted by Gasteiger charge is 2.15. The minimum absolute atomic E-state index is 0.376. The van der Waals surface area contributed by atoms with Crippen LogP contribution in [0, 0.1) is 0 Å². The molecule has 2 rings (SSSR count). The molecule has 5 nitrogen and oxygen atoms in total. The van der Waals surface area contributed by atoms with Gasteiger partial charge in [-0.1, -0.05) is 48.6 Å². The molecule has 0 saturated heterocycles. The normalized spacial score (nSPS) is 11.3. The summed E-state index contributed by atoms with van der Waals surface area (Å²) in [6.45, 7) is 6.33. The van der Waals surface area contributed by atoms with Gasteiger partial charge >= 0.3 is 6.09 Å². The maximum absolute atomic E-state index is 11.6. The number of rotatable bonds is 7. The Hall–Kier alpha value is -2.95. The zero-order chi connectivity index (χ0) is 19.7. The van der Waals surface area contributed by atoms with Gasteiger partial charge in [0.1, 0.15) is 12.2 Å². The molecule has 144 valence electrons. The lowest BCUT2D eigenvalue weighted by Crippen LogP contribution is -2.32. The minimum atomic E-state index is -0.505. The molecule has 2 aromatic rings. The van der Waals surface area contributed by atoms with Gasteiger partial charge in [-0.25, -0.2) is 4.79 Å². The van der Waals surface area contributed by atoms with Crippen LogP contribution in [-0.2, 0) is 11.3 Å². The first kappa shape index (κ1) is 20.4. The van der Waals surface area contributed by atoms with Crippen LogP contribution in [0.5, 0.6) is 11.5 Å². The van der Waals surface area contributed by atoms with E-state index in [2.05, 4.69) is 5.32 Å². The minimum Gasteiger partial charge on any atom is -0.493 e. The summed E-state index contributed by atoms with van der Waals surface area (Å²) in [5, 5.41) is 2.69. The van der Waals surface area contributed by atoms with Crippen molar-refractivity contribution >= 4 is 12.2 Å². The molecule has 0 aromatic heterocycles. The first-order valence-electron chi connectivity index (χ1n) is 8.85. The number of hydrogen-bond acceptors (Lipinski definition) is 4. The van der Waals surface area contributed by atoms with Crippen LogP contribution in [0.1, 0.15) is 31.9 Å². The molecule has 0 fully saturated rings. The highest BCUT2D eigenvalue weighted by molar-refractivity contribution is 5.68. The van der Waals surface area contributed by atoms with E-state index in [0.29, 0.717) is 24.7 Å². The highest BCUT2D eigenvalue weighted by Crippen LogP contribution is 2.29. The van der Waals surface area contributed by atoms with E-state index in [0.717, 1.165) is 11.1 Å². The zero-order valence-electron chi connectivity index (χ0n) is 16.3. The number of alkyl carbamates (subject to hydrolysis) is 1. The average molecular weight is 369 g/mol. The van der Waals surface area contributed by atoms with Crippen molar-refractivity contribution in [3.63, 3.8) is 0 Å². The summed E-state index contributed by atoms with van der Waals surface area (Å²) in [6.07, 6.45) is 3.33. The molecule has 0 radical (unpaired) electrons. The van der Waals surface area contributed by atoms with Gasteiger partial charge in [-0.3, -0.25) is 0 Å². The first-order chi connectivity index (χ1) is 12.9. The summed E-state index contributed by atoms with van der Waals surface area (Å²) in [4.78, 5) is 11.6. The summed E-state index contributed by atoms with van der Waals surface area (Å²) >= 11 is 0. The first-order valence-corrected chi connectivity index (χ1v) is 8.85. The quantitative estimate of drug-likeness (QED) is 0.761. The second-order valence-corrected chi connectivity index (χ2v) is 6.97. The third-order valence-corrected chi connectivity index (χ3v) is 3.50. The molecule has 5 heteroatoms. The van der Waals surface area contributed by atoms with Crippen molar-refractivity contribution in [1.82, 2.24) is 5.32 Å². The summed E-state index contributed by atoms with van der Waals surface area (Å²) in [5.74, 6) is 1.35. The van der Waals surface area contributed by atoms with Crippen molar-refractivity contribution in [2.75, 3.05) is 13.7 Å².